The lowest BCUT2D eigenvalue weighted by atomic mass is 9.87. The van der Waals surface area contributed by atoms with E-state index in [1.165, 1.54) is 6.07 Å². The normalized spacial score (nSPS) is 14.3. The van der Waals surface area contributed by atoms with Crippen molar-refractivity contribution in [1.29, 1.82) is 0 Å². The molecule has 2 amide bonds. The lowest BCUT2D eigenvalue weighted by molar-refractivity contribution is -0.142. The highest BCUT2D eigenvalue weighted by Crippen LogP contribution is 2.26. The molecule has 0 aliphatic heterocycles. The molecule has 162 valence electrons. The molecule has 2 unspecified atom stereocenters. The largest absolute Gasteiger partial charge is 0.508 e. The Morgan fingerprint density at radius 1 is 1.21 bits per heavy atom. The second kappa shape index (κ2) is 11.1. The number of esters is 1. The quantitative estimate of drug-likeness (QED) is 0.276. The molecule has 0 heterocycles. The SMILES string of the molecule is Cc1cc(O)ccc1C[C@H](NC(=O)C(CC(C)C)C(S)C(C)C)C(=O)OC(N)=O. The van der Waals surface area contributed by atoms with E-state index in [9.17, 15) is 19.5 Å². The zero-order chi connectivity index (χ0) is 22.3. The number of amides is 2. The number of thiol groups is 1. The number of ether oxygens (including phenoxy) is 1. The molecule has 3 atom stereocenters. The Bertz CT molecular complexity index is 736. The third kappa shape index (κ3) is 7.97. The first-order chi connectivity index (χ1) is 13.4. The number of carbonyl (C=O) groups excluding carboxylic acids is 3. The van der Waals surface area contributed by atoms with Gasteiger partial charge in [-0.1, -0.05) is 33.8 Å². The van der Waals surface area contributed by atoms with Gasteiger partial charge in [-0.25, -0.2) is 9.59 Å². The van der Waals surface area contributed by atoms with Crippen LogP contribution >= 0.6 is 12.6 Å². The van der Waals surface area contributed by atoms with Crippen molar-refractivity contribution in [2.75, 3.05) is 0 Å². The van der Waals surface area contributed by atoms with Crippen molar-refractivity contribution in [1.82, 2.24) is 5.32 Å². The van der Waals surface area contributed by atoms with Crippen LogP contribution in [0.3, 0.4) is 0 Å². The van der Waals surface area contributed by atoms with Gasteiger partial charge in [0.2, 0.25) is 5.91 Å². The average molecular weight is 425 g/mol. The van der Waals surface area contributed by atoms with Crippen LogP contribution in [0.4, 0.5) is 4.79 Å². The van der Waals surface area contributed by atoms with E-state index in [2.05, 4.69) is 22.7 Å². The number of hydrogen-bond acceptors (Lipinski definition) is 6. The highest BCUT2D eigenvalue weighted by molar-refractivity contribution is 7.81. The minimum atomic E-state index is -1.23. The first-order valence-electron chi connectivity index (χ1n) is 9.70. The maximum absolute atomic E-state index is 13.0. The summed E-state index contributed by atoms with van der Waals surface area (Å²) in [5, 5.41) is 12.1. The molecule has 0 aromatic heterocycles. The summed E-state index contributed by atoms with van der Waals surface area (Å²) in [6.45, 7) is 9.77. The summed E-state index contributed by atoms with van der Waals surface area (Å²) in [6.07, 6.45) is -0.532. The molecule has 4 N–H and O–H groups in total. The lowest BCUT2D eigenvalue weighted by Crippen LogP contribution is -2.49. The summed E-state index contributed by atoms with van der Waals surface area (Å²) in [7, 11) is 0. The molecule has 1 aromatic carbocycles. The number of rotatable bonds is 9. The Balaban J connectivity index is 3.12. The van der Waals surface area contributed by atoms with Crippen molar-refractivity contribution in [2.24, 2.45) is 23.5 Å². The standard InChI is InChI=1S/C21H32N2O5S/c1-11(2)8-16(18(29)12(3)4)19(25)23-17(20(26)28-21(22)27)10-14-6-7-15(24)9-13(14)5/h6-7,9,11-12,16-18,24,29H,8,10H2,1-5H3,(H2,22,27)(H,23,25)/t16?,17-,18?/m0/s1. The van der Waals surface area contributed by atoms with Gasteiger partial charge in [0.25, 0.3) is 0 Å². The number of benzene rings is 1. The van der Waals surface area contributed by atoms with Crippen molar-refractivity contribution in [3.8, 4) is 5.75 Å². The number of phenolic OH excluding ortho intramolecular Hbond substituents is 1. The van der Waals surface area contributed by atoms with Crippen LogP contribution in [-0.4, -0.2) is 34.4 Å². The van der Waals surface area contributed by atoms with Crippen molar-refractivity contribution in [3.63, 3.8) is 0 Å². The molecule has 0 saturated carbocycles. The fraction of sp³-hybridized carbons (Fsp3) is 0.571. The molecule has 0 bridgehead atoms. The van der Waals surface area contributed by atoms with E-state index in [1.807, 2.05) is 27.7 Å². The fourth-order valence-corrected chi connectivity index (χ4v) is 3.40. The summed E-state index contributed by atoms with van der Waals surface area (Å²) >= 11 is 4.61. The molecule has 0 spiro atoms. The predicted molar refractivity (Wildman–Crippen MR) is 115 cm³/mol. The van der Waals surface area contributed by atoms with Gasteiger partial charge < -0.3 is 20.9 Å². The number of nitrogens with one attached hydrogen (secondary N) is 1. The summed E-state index contributed by atoms with van der Waals surface area (Å²) < 4.78 is 4.53. The number of nitrogens with two attached hydrogens (primary N) is 1. The molecule has 0 fully saturated rings. The zero-order valence-electron chi connectivity index (χ0n) is 17.6. The Morgan fingerprint density at radius 3 is 2.31 bits per heavy atom. The van der Waals surface area contributed by atoms with E-state index in [0.29, 0.717) is 6.42 Å². The minimum Gasteiger partial charge on any atom is -0.508 e. The Kier molecular flexibility index (Phi) is 9.49. The van der Waals surface area contributed by atoms with E-state index in [-0.39, 0.29) is 35.2 Å². The Labute approximate surface area is 177 Å². The maximum atomic E-state index is 13.0. The summed E-state index contributed by atoms with van der Waals surface area (Å²) in [5.41, 5.74) is 6.44. The molecule has 1 rings (SSSR count). The minimum absolute atomic E-state index is 0.0945. The van der Waals surface area contributed by atoms with Crippen LogP contribution < -0.4 is 11.1 Å². The summed E-state index contributed by atoms with van der Waals surface area (Å²) in [5.74, 6) is -1.16. The second-order valence-corrected chi connectivity index (χ2v) is 8.68. The average Bonchev–Trinajstić information content (AvgIpc) is 2.59. The van der Waals surface area contributed by atoms with Crippen molar-refractivity contribution in [2.45, 2.75) is 58.8 Å². The molecule has 0 aliphatic carbocycles. The molecule has 0 saturated heterocycles. The summed E-state index contributed by atoms with van der Waals surface area (Å²) in [6, 6.07) is 3.60. The van der Waals surface area contributed by atoms with Gasteiger partial charge in [-0.2, -0.15) is 12.6 Å². The predicted octanol–water partition coefficient (Wildman–Crippen LogP) is 2.97. The van der Waals surface area contributed by atoms with Crippen LogP contribution in [0.1, 0.15) is 45.2 Å². The van der Waals surface area contributed by atoms with Crippen LogP contribution in [0.25, 0.3) is 0 Å². The maximum Gasteiger partial charge on any atom is 0.412 e. The van der Waals surface area contributed by atoms with E-state index in [4.69, 9.17) is 5.73 Å². The van der Waals surface area contributed by atoms with Gasteiger partial charge in [0.15, 0.2) is 0 Å². The van der Waals surface area contributed by atoms with Crippen molar-refractivity contribution < 1.29 is 24.2 Å². The highest BCUT2D eigenvalue weighted by Gasteiger charge is 2.33. The number of aromatic hydroxyl groups is 1. The third-order valence-corrected chi connectivity index (χ3v) is 5.67. The van der Waals surface area contributed by atoms with E-state index in [1.54, 1.807) is 19.1 Å². The number of hydrogen-bond donors (Lipinski definition) is 4. The van der Waals surface area contributed by atoms with Gasteiger partial charge in [0.1, 0.15) is 11.8 Å². The van der Waals surface area contributed by atoms with Gasteiger partial charge in [-0.15, -0.1) is 0 Å². The topological polar surface area (TPSA) is 119 Å². The summed E-state index contributed by atoms with van der Waals surface area (Å²) in [4.78, 5) is 36.5. The van der Waals surface area contributed by atoms with Gasteiger partial charge >= 0.3 is 12.1 Å². The Hall–Kier alpha value is -2.22. The first kappa shape index (κ1) is 24.8. The lowest BCUT2D eigenvalue weighted by Gasteiger charge is -2.28. The van der Waals surface area contributed by atoms with Crippen LogP contribution in [-0.2, 0) is 20.7 Å². The third-order valence-electron chi connectivity index (χ3n) is 4.71. The van der Waals surface area contributed by atoms with Crippen molar-refractivity contribution in [3.05, 3.63) is 29.3 Å². The van der Waals surface area contributed by atoms with Crippen LogP contribution in [0.2, 0.25) is 0 Å². The molecular weight excluding hydrogens is 392 g/mol. The van der Waals surface area contributed by atoms with E-state index < -0.39 is 24.0 Å². The monoisotopic (exact) mass is 424 g/mol. The molecule has 29 heavy (non-hydrogen) atoms. The zero-order valence-corrected chi connectivity index (χ0v) is 18.5. The van der Waals surface area contributed by atoms with Crippen LogP contribution in [0, 0.1) is 24.7 Å². The molecular formula is C21H32N2O5S. The fourth-order valence-electron chi connectivity index (χ4n) is 3.15. The number of primary amides is 1. The van der Waals surface area contributed by atoms with Gasteiger partial charge in [-0.05, 0) is 48.4 Å². The highest BCUT2D eigenvalue weighted by atomic mass is 32.1. The molecule has 0 aliphatic rings. The molecule has 1 aromatic rings. The molecule has 8 heteroatoms. The smallest absolute Gasteiger partial charge is 0.412 e. The van der Waals surface area contributed by atoms with E-state index >= 15 is 0 Å². The van der Waals surface area contributed by atoms with Gasteiger partial charge in [0.05, 0.1) is 5.92 Å². The van der Waals surface area contributed by atoms with Crippen molar-refractivity contribution >= 4 is 30.6 Å². The number of carbonyl (C=O) groups is 3. The number of phenols is 1. The van der Waals surface area contributed by atoms with Crippen LogP contribution in [0.15, 0.2) is 18.2 Å². The number of aryl methyl sites for hydroxylation is 1. The first-order valence-corrected chi connectivity index (χ1v) is 10.2. The van der Waals surface area contributed by atoms with E-state index in [0.717, 1.165) is 11.1 Å². The van der Waals surface area contributed by atoms with Crippen LogP contribution in [0.5, 0.6) is 5.75 Å². The second-order valence-electron chi connectivity index (χ2n) is 8.09. The molecule has 7 nitrogen and oxygen atoms in total. The van der Waals surface area contributed by atoms with Gasteiger partial charge in [-0.3, -0.25) is 4.79 Å². The Morgan fingerprint density at radius 2 is 1.83 bits per heavy atom. The van der Waals surface area contributed by atoms with Gasteiger partial charge in [0, 0.05) is 11.7 Å². The molecule has 0 radical (unpaired) electrons.